The molecule has 1 aliphatic rings. The molecule has 0 fully saturated rings. The Morgan fingerprint density at radius 3 is 3.00 bits per heavy atom. The van der Waals surface area contributed by atoms with Crippen molar-refractivity contribution in [2.75, 3.05) is 5.32 Å². The Morgan fingerprint density at radius 2 is 2.24 bits per heavy atom. The second-order valence-electron chi connectivity index (χ2n) is 5.73. The number of hydrogen-bond donors (Lipinski definition) is 2. The summed E-state index contributed by atoms with van der Waals surface area (Å²) in [5, 5.41) is 8.67. The van der Waals surface area contributed by atoms with Gasteiger partial charge in [0.1, 0.15) is 0 Å². The molecule has 0 atom stereocenters. The number of amides is 1. The molecule has 21 heavy (non-hydrogen) atoms. The van der Waals surface area contributed by atoms with Gasteiger partial charge in [-0.05, 0) is 25.8 Å². The van der Waals surface area contributed by atoms with Crippen LogP contribution in [0, 0.1) is 0 Å². The highest BCUT2D eigenvalue weighted by molar-refractivity contribution is 7.13. The normalized spacial score (nSPS) is 17.9. The van der Waals surface area contributed by atoms with Crippen LogP contribution in [0.4, 0.5) is 5.13 Å². The van der Waals surface area contributed by atoms with Gasteiger partial charge in [0.05, 0.1) is 0 Å². The molecule has 0 saturated heterocycles. The number of nitrogens with one attached hydrogen (secondary N) is 2. The lowest BCUT2D eigenvalue weighted by atomic mass is 9.86. The summed E-state index contributed by atoms with van der Waals surface area (Å²) >= 11 is 1.41. The fourth-order valence-corrected chi connectivity index (χ4v) is 3.09. The van der Waals surface area contributed by atoms with Crippen LogP contribution in [0.3, 0.4) is 0 Å². The molecular formula is C16H17N3OS. The van der Waals surface area contributed by atoms with Crippen molar-refractivity contribution in [3.63, 3.8) is 0 Å². The highest BCUT2D eigenvalue weighted by atomic mass is 32.1. The van der Waals surface area contributed by atoms with Crippen LogP contribution in [0.2, 0.25) is 0 Å². The molecule has 4 nitrogen and oxygen atoms in total. The van der Waals surface area contributed by atoms with Crippen molar-refractivity contribution in [3.05, 3.63) is 53.0 Å². The van der Waals surface area contributed by atoms with Crippen LogP contribution in [0.25, 0.3) is 5.70 Å². The van der Waals surface area contributed by atoms with Gasteiger partial charge in [-0.25, -0.2) is 4.98 Å². The first-order chi connectivity index (χ1) is 10.0. The Balaban J connectivity index is 1.90. The number of hydrogen-bond acceptors (Lipinski definition) is 4. The first-order valence-electron chi connectivity index (χ1n) is 6.82. The van der Waals surface area contributed by atoms with Crippen LogP contribution in [0.1, 0.15) is 25.0 Å². The summed E-state index contributed by atoms with van der Waals surface area (Å²) in [4.78, 5) is 16.2. The van der Waals surface area contributed by atoms with E-state index in [1.807, 2.05) is 23.6 Å². The van der Waals surface area contributed by atoms with Gasteiger partial charge in [-0.15, -0.1) is 11.3 Å². The molecule has 2 N–H and O–H groups in total. The monoisotopic (exact) mass is 299 g/mol. The molecule has 0 spiro atoms. The number of aromatic nitrogens is 1. The van der Waals surface area contributed by atoms with Gasteiger partial charge < -0.3 is 5.32 Å². The summed E-state index contributed by atoms with van der Waals surface area (Å²) in [6.07, 6.45) is 4.22. The van der Waals surface area contributed by atoms with Crippen molar-refractivity contribution in [2.24, 2.45) is 0 Å². The Hall–Kier alpha value is -2.14. The largest absolute Gasteiger partial charge is 0.379 e. The molecule has 2 heterocycles. The van der Waals surface area contributed by atoms with E-state index in [-0.39, 0.29) is 11.4 Å². The van der Waals surface area contributed by atoms with Crippen molar-refractivity contribution >= 4 is 28.1 Å². The Kier molecular flexibility index (Phi) is 3.51. The van der Waals surface area contributed by atoms with E-state index in [0.717, 1.165) is 17.7 Å². The summed E-state index contributed by atoms with van der Waals surface area (Å²) in [6, 6.07) is 8.18. The molecule has 108 valence electrons. The smallest absolute Gasteiger partial charge is 0.252 e. The average Bonchev–Trinajstić information content (AvgIpc) is 2.90. The van der Waals surface area contributed by atoms with Crippen molar-refractivity contribution in [1.29, 1.82) is 0 Å². The second-order valence-corrected chi connectivity index (χ2v) is 6.62. The van der Waals surface area contributed by atoms with Gasteiger partial charge in [0.25, 0.3) is 5.91 Å². The van der Waals surface area contributed by atoms with Crippen molar-refractivity contribution in [1.82, 2.24) is 10.3 Å². The molecule has 0 radical (unpaired) electrons. The molecule has 1 aliphatic heterocycles. The van der Waals surface area contributed by atoms with E-state index in [1.54, 1.807) is 12.3 Å². The van der Waals surface area contributed by atoms with E-state index in [0.29, 0.717) is 5.13 Å². The Morgan fingerprint density at radius 1 is 1.43 bits per heavy atom. The zero-order chi connectivity index (χ0) is 14.9. The molecule has 0 saturated carbocycles. The SMILES string of the molecule is CC1(C)Cc2ccccc2C(=CC(=O)Nc2nccs2)N1. The van der Waals surface area contributed by atoms with Crippen LogP contribution < -0.4 is 10.6 Å². The molecule has 2 aromatic rings. The average molecular weight is 299 g/mol. The standard InChI is InChI=1S/C16H17N3OS/c1-16(2)10-11-5-3-4-6-12(11)13(19-16)9-14(20)18-15-17-7-8-21-15/h3-9,19H,10H2,1-2H3,(H,17,18,20). The number of fused-ring (bicyclic) bond motifs is 1. The van der Waals surface area contributed by atoms with Gasteiger partial charge in [0, 0.05) is 34.5 Å². The lowest BCUT2D eigenvalue weighted by Crippen LogP contribution is -2.44. The van der Waals surface area contributed by atoms with Crippen molar-refractivity contribution in [2.45, 2.75) is 25.8 Å². The molecule has 3 rings (SSSR count). The molecule has 0 aliphatic carbocycles. The predicted octanol–water partition coefficient (Wildman–Crippen LogP) is 3.05. The van der Waals surface area contributed by atoms with Crippen LogP contribution in [-0.2, 0) is 11.2 Å². The van der Waals surface area contributed by atoms with Crippen LogP contribution in [0.15, 0.2) is 41.9 Å². The Bertz CT molecular complexity index is 689. The summed E-state index contributed by atoms with van der Waals surface area (Å²) in [7, 11) is 0. The third kappa shape index (κ3) is 3.13. The molecule has 1 aromatic carbocycles. The molecular weight excluding hydrogens is 282 g/mol. The van der Waals surface area contributed by atoms with Crippen molar-refractivity contribution in [3.8, 4) is 0 Å². The summed E-state index contributed by atoms with van der Waals surface area (Å²) in [5.41, 5.74) is 3.14. The number of carbonyl (C=O) groups is 1. The van der Waals surface area contributed by atoms with Crippen LogP contribution in [-0.4, -0.2) is 16.4 Å². The summed E-state index contributed by atoms with van der Waals surface area (Å²) < 4.78 is 0. The molecule has 1 amide bonds. The number of thiazole rings is 1. The van der Waals surface area contributed by atoms with E-state index in [4.69, 9.17) is 0 Å². The number of benzene rings is 1. The number of rotatable bonds is 2. The molecule has 0 unspecified atom stereocenters. The molecule has 1 aromatic heterocycles. The minimum absolute atomic E-state index is 0.0678. The van der Waals surface area contributed by atoms with Gasteiger partial charge in [-0.1, -0.05) is 24.3 Å². The number of carbonyl (C=O) groups excluding carboxylic acids is 1. The Labute approximate surface area is 127 Å². The third-order valence-electron chi connectivity index (χ3n) is 3.35. The minimum atomic E-state index is -0.167. The van der Waals surface area contributed by atoms with E-state index in [2.05, 4.69) is 35.5 Å². The molecule has 0 bridgehead atoms. The van der Waals surface area contributed by atoms with E-state index >= 15 is 0 Å². The summed E-state index contributed by atoms with van der Waals surface area (Å²) in [6.45, 7) is 4.27. The van der Waals surface area contributed by atoms with Gasteiger partial charge >= 0.3 is 0 Å². The lowest BCUT2D eigenvalue weighted by Gasteiger charge is -2.35. The zero-order valence-electron chi connectivity index (χ0n) is 12.0. The van der Waals surface area contributed by atoms with E-state index < -0.39 is 0 Å². The van der Waals surface area contributed by atoms with Gasteiger partial charge in [0.15, 0.2) is 5.13 Å². The quantitative estimate of drug-likeness (QED) is 0.838. The topological polar surface area (TPSA) is 54.0 Å². The minimum Gasteiger partial charge on any atom is -0.379 e. The van der Waals surface area contributed by atoms with E-state index in [1.165, 1.54) is 16.9 Å². The second kappa shape index (κ2) is 5.33. The number of nitrogens with zero attached hydrogens (tertiary/aromatic N) is 1. The zero-order valence-corrected chi connectivity index (χ0v) is 12.8. The maximum absolute atomic E-state index is 12.1. The fraction of sp³-hybridized carbons (Fsp3) is 0.250. The molecule has 5 heteroatoms. The highest BCUT2D eigenvalue weighted by Crippen LogP contribution is 2.29. The van der Waals surface area contributed by atoms with Crippen LogP contribution >= 0.6 is 11.3 Å². The van der Waals surface area contributed by atoms with Gasteiger partial charge in [-0.2, -0.15) is 0 Å². The van der Waals surface area contributed by atoms with Crippen molar-refractivity contribution < 1.29 is 4.79 Å². The third-order valence-corrected chi connectivity index (χ3v) is 4.04. The summed E-state index contributed by atoms with van der Waals surface area (Å²) in [5.74, 6) is -0.167. The maximum atomic E-state index is 12.1. The van der Waals surface area contributed by atoms with Crippen LogP contribution in [0.5, 0.6) is 0 Å². The maximum Gasteiger partial charge on any atom is 0.252 e. The predicted molar refractivity (Wildman–Crippen MR) is 86.1 cm³/mol. The lowest BCUT2D eigenvalue weighted by molar-refractivity contribution is -0.111. The highest BCUT2D eigenvalue weighted by Gasteiger charge is 2.27. The van der Waals surface area contributed by atoms with Gasteiger partial charge in [0.2, 0.25) is 0 Å². The van der Waals surface area contributed by atoms with E-state index in [9.17, 15) is 4.79 Å². The first-order valence-corrected chi connectivity index (χ1v) is 7.70. The first kappa shape index (κ1) is 13.8. The number of anilines is 1. The van der Waals surface area contributed by atoms with Gasteiger partial charge in [-0.3, -0.25) is 10.1 Å². The fourth-order valence-electron chi connectivity index (χ4n) is 2.56.